The van der Waals surface area contributed by atoms with Crippen molar-refractivity contribution in [2.75, 3.05) is 0 Å². The number of aryl methyl sites for hydroxylation is 2. The van der Waals surface area contributed by atoms with E-state index in [1.165, 1.54) is 11.8 Å². The summed E-state index contributed by atoms with van der Waals surface area (Å²) in [6, 6.07) is 9.34. The van der Waals surface area contributed by atoms with Crippen molar-refractivity contribution in [1.82, 2.24) is 9.97 Å². The molecule has 0 spiro atoms. The van der Waals surface area contributed by atoms with Crippen LogP contribution in [-0.4, -0.2) is 21.0 Å². The highest BCUT2D eigenvalue weighted by Gasteiger charge is 2.18. The molecule has 0 radical (unpaired) electrons. The Labute approximate surface area is 123 Å². The molecule has 1 unspecified atom stereocenters. The van der Waals surface area contributed by atoms with Crippen LogP contribution in [0.4, 0.5) is 0 Å². The summed E-state index contributed by atoms with van der Waals surface area (Å²) in [6.45, 7) is 7.85. The number of rotatable bonds is 4. The summed E-state index contributed by atoms with van der Waals surface area (Å²) in [4.78, 5) is 21.2. The average molecular weight is 286 g/mol. The van der Waals surface area contributed by atoms with Crippen LogP contribution < -0.4 is 0 Å². The number of ketones is 1. The third-order valence-electron chi connectivity index (χ3n) is 3.32. The maximum absolute atomic E-state index is 12.3. The third-order valence-corrected chi connectivity index (χ3v) is 4.28. The molecule has 0 saturated carbocycles. The lowest BCUT2D eigenvalue weighted by Crippen LogP contribution is -2.14. The molecule has 0 amide bonds. The first-order valence-corrected chi connectivity index (χ1v) is 7.44. The Bertz CT molecular complexity index is 603. The summed E-state index contributed by atoms with van der Waals surface area (Å²) in [5.41, 5.74) is 3.78. The molecular formula is C16H18N2OS. The summed E-state index contributed by atoms with van der Waals surface area (Å²) in [5.74, 6) is 0.107. The van der Waals surface area contributed by atoms with E-state index in [1.54, 1.807) is 0 Å². The van der Waals surface area contributed by atoms with Crippen molar-refractivity contribution in [2.45, 2.75) is 38.1 Å². The van der Waals surface area contributed by atoms with Crippen molar-refractivity contribution < 1.29 is 4.79 Å². The van der Waals surface area contributed by atoms with E-state index >= 15 is 0 Å². The summed E-state index contributed by atoms with van der Waals surface area (Å²) in [7, 11) is 0. The molecule has 0 aliphatic carbocycles. The van der Waals surface area contributed by atoms with E-state index in [0.717, 1.165) is 22.5 Å². The van der Waals surface area contributed by atoms with E-state index in [0.29, 0.717) is 5.16 Å². The second-order valence-corrected chi connectivity index (χ2v) is 6.10. The van der Waals surface area contributed by atoms with Gasteiger partial charge in [-0.15, -0.1) is 0 Å². The Morgan fingerprint density at radius 3 is 2.15 bits per heavy atom. The fraction of sp³-hybridized carbons (Fsp3) is 0.312. The molecule has 20 heavy (non-hydrogen) atoms. The van der Waals surface area contributed by atoms with Gasteiger partial charge in [0.25, 0.3) is 0 Å². The van der Waals surface area contributed by atoms with Gasteiger partial charge >= 0.3 is 0 Å². The number of Topliss-reactive ketones (excluding diaryl/α,β-unsaturated/α-hetero) is 1. The largest absolute Gasteiger partial charge is 0.293 e. The Balaban J connectivity index is 2.16. The Morgan fingerprint density at radius 1 is 1.05 bits per heavy atom. The molecule has 104 valence electrons. The fourth-order valence-corrected chi connectivity index (χ4v) is 2.78. The van der Waals surface area contributed by atoms with Crippen molar-refractivity contribution in [2.24, 2.45) is 0 Å². The predicted molar refractivity (Wildman–Crippen MR) is 82.3 cm³/mol. The molecule has 0 fully saturated rings. The molecule has 0 aliphatic heterocycles. The SMILES string of the molecule is Cc1nc(SC(C)C(=O)c2ccccc2)nc(C)c1C. The second kappa shape index (κ2) is 6.18. The highest BCUT2D eigenvalue weighted by molar-refractivity contribution is 8.00. The van der Waals surface area contributed by atoms with Crippen molar-refractivity contribution >= 4 is 17.5 Å². The molecule has 2 aromatic rings. The number of hydrogen-bond acceptors (Lipinski definition) is 4. The number of carbonyl (C=O) groups is 1. The van der Waals surface area contributed by atoms with Crippen molar-refractivity contribution in [3.05, 3.63) is 52.8 Å². The molecule has 1 aromatic carbocycles. The Morgan fingerprint density at radius 2 is 1.60 bits per heavy atom. The number of benzene rings is 1. The van der Waals surface area contributed by atoms with E-state index in [1.807, 2.05) is 58.0 Å². The Kier molecular flexibility index (Phi) is 4.55. The number of hydrogen-bond donors (Lipinski definition) is 0. The van der Waals surface area contributed by atoms with Crippen LogP contribution in [0.15, 0.2) is 35.5 Å². The third kappa shape index (κ3) is 3.25. The van der Waals surface area contributed by atoms with Crippen LogP contribution in [0.25, 0.3) is 0 Å². The molecule has 4 heteroatoms. The van der Waals surface area contributed by atoms with Gasteiger partial charge in [0.05, 0.1) is 5.25 Å². The van der Waals surface area contributed by atoms with Gasteiger partial charge in [-0.25, -0.2) is 9.97 Å². The fourth-order valence-electron chi connectivity index (χ4n) is 1.84. The minimum atomic E-state index is -0.195. The van der Waals surface area contributed by atoms with Crippen LogP contribution in [-0.2, 0) is 0 Å². The smallest absolute Gasteiger partial charge is 0.188 e. The average Bonchev–Trinajstić information content (AvgIpc) is 2.44. The molecule has 1 atom stereocenters. The van der Waals surface area contributed by atoms with E-state index in [2.05, 4.69) is 9.97 Å². The van der Waals surface area contributed by atoms with Gasteiger partial charge in [-0.3, -0.25) is 4.79 Å². The lowest BCUT2D eigenvalue weighted by atomic mass is 10.1. The van der Waals surface area contributed by atoms with Gasteiger partial charge in [-0.2, -0.15) is 0 Å². The minimum Gasteiger partial charge on any atom is -0.293 e. The standard InChI is InChI=1S/C16H18N2OS/c1-10-11(2)17-16(18-12(10)3)20-13(4)15(19)14-8-6-5-7-9-14/h5-9,13H,1-4H3. The summed E-state index contributed by atoms with van der Waals surface area (Å²) >= 11 is 1.41. The van der Waals surface area contributed by atoms with Gasteiger partial charge in [0.15, 0.2) is 10.9 Å². The monoisotopic (exact) mass is 286 g/mol. The molecule has 1 heterocycles. The van der Waals surface area contributed by atoms with Gasteiger partial charge in [0.1, 0.15) is 0 Å². The van der Waals surface area contributed by atoms with Crippen LogP contribution in [0.3, 0.4) is 0 Å². The molecule has 2 rings (SSSR count). The first-order valence-electron chi connectivity index (χ1n) is 6.57. The molecule has 0 bridgehead atoms. The zero-order chi connectivity index (χ0) is 14.7. The number of aromatic nitrogens is 2. The van der Waals surface area contributed by atoms with Crippen LogP contribution >= 0.6 is 11.8 Å². The number of thioether (sulfide) groups is 1. The molecule has 0 saturated heterocycles. The van der Waals surface area contributed by atoms with E-state index in [-0.39, 0.29) is 11.0 Å². The first-order chi connectivity index (χ1) is 9.49. The van der Waals surface area contributed by atoms with Gasteiger partial charge in [-0.1, -0.05) is 42.1 Å². The lowest BCUT2D eigenvalue weighted by Gasteiger charge is -2.11. The van der Waals surface area contributed by atoms with Gasteiger partial charge in [-0.05, 0) is 33.3 Å². The van der Waals surface area contributed by atoms with E-state index < -0.39 is 0 Å². The molecule has 1 aromatic heterocycles. The summed E-state index contributed by atoms with van der Waals surface area (Å²) in [6.07, 6.45) is 0. The zero-order valence-corrected chi connectivity index (χ0v) is 13.0. The van der Waals surface area contributed by atoms with Crippen molar-refractivity contribution in [3.8, 4) is 0 Å². The molecular weight excluding hydrogens is 268 g/mol. The number of carbonyl (C=O) groups excluding carboxylic acids is 1. The van der Waals surface area contributed by atoms with Crippen molar-refractivity contribution in [3.63, 3.8) is 0 Å². The molecule has 0 aliphatic rings. The van der Waals surface area contributed by atoms with Crippen LogP contribution in [0.5, 0.6) is 0 Å². The van der Waals surface area contributed by atoms with E-state index in [4.69, 9.17) is 0 Å². The van der Waals surface area contributed by atoms with Crippen LogP contribution in [0.2, 0.25) is 0 Å². The van der Waals surface area contributed by atoms with Gasteiger partial charge in [0.2, 0.25) is 0 Å². The predicted octanol–water partition coefficient (Wildman–Crippen LogP) is 3.77. The maximum atomic E-state index is 12.3. The topological polar surface area (TPSA) is 42.9 Å². The highest BCUT2D eigenvalue weighted by atomic mass is 32.2. The first kappa shape index (κ1) is 14.7. The Hall–Kier alpha value is -1.68. The van der Waals surface area contributed by atoms with Crippen molar-refractivity contribution in [1.29, 1.82) is 0 Å². The number of nitrogens with zero attached hydrogens (tertiary/aromatic N) is 2. The maximum Gasteiger partial charge on any atom is 0.188 e. The van der Waals surface area contributed by atoms with Gasteiger partial charge in [0, 0.05) is 17.0 Å². The lowest BCUT2D eigenvalue weighted by molar-refractivity contribution is 0.0994. The molecule has 0 N–H and O–H groups in total. The van der Waals surface area contributed by atoms with Crippen LogP contribution in [0, 0.1) is 20.8 Å². The second-order valence-electron chi connectivity index (χ2n) is 4.79. The zero-order valence-electron chi connectivity index (χ0n) is 12.2. The normalized spacial score (nSPS) is 12.2. The van der Waals surface area contributed by atoms with Crippen LogP contribution in [0.1, 0.15) is 34.2 Å². The summed E-state index contributed by atoms with van der Waals surface area (Å²) < 4.78 is 0. The minimum absolute atomic E-state index is 0.107. The molecule has 3 nitrogen and oxygen atoms in total. The van der Waals surface area contributed by atoms with Gasteiger partial charge < -0.3 is 0 Å². The van der Waals surface area contributed by atoms with E-state index in [9.17, 15) is 4.79 Å². The highest BCUT2D eigenvalue weighted by Crippen LogP contribution is 2.24. The summed E-state index contributed by atoms with van der Waals surface area (Å²) in [5, 5.41) is 0.473. The quantitative estimate of drug-likeness (QED) is 0.487.